The highest BCUT2D eigenvalue weighted by Gasteiger charge is 2.23. The van der Waals surface area contributed by atoms with Crippen LogP contribution in [0.1, 0.15) is 24.5 Å². The van der Waals surface area contributed by atoms with Crippen molar-refractivity contribution in [1.82, 2.24) is 4.90 Å². The van der Waals surface area contributed by atoms with Crippen LogP contribution in [0.15, 0.2) is 18.2 Å². The summed E-state index contributed by atoms with van der Waals surface area (Å²) in [6.45, 7) is 4.02. The van der Waals surface area contributed by atoms with E-state index in [0.717, 1.165) is 30.9 Å². The summed E-state index contributed by atoms with van der Waals surface area (Å²) in [5.41, 5.74) is 6.93. The van der Waals surface area contributed by atoms with E-state index in [2.05, 4.69) is 4.90 Å². The molecule has 0 bridgehead atoms. The lowest BCUT2D eigenvalue weighted by molar-refractivity contribution is 0.124. The van der Waals surface area contributed by atoms with Gasteiger partial charge in [0.25, 0.3) is 0 Å². The van der Waals surface area contributed by atoms with Gasteiger partial charge in [0.05, 0.1) is 6.10 Å². The summed E-state index contributed by atoms with van der Waals surface area (Å²) in [6.07, 6.45) is 1.78. The Kier molecular flexibility index (Phi) is 5.41. The van der Waals surface area contributed by atoms with Crippen LogP contribution in [0.5, 0.6) is 11.5 Å². The predicted molar refractivity (Wildman–Crippen MR) is 79.7 cm³/mol. The van der Waals surface area contributed by atoms with Crippen LogP contribution in [0.4, 0.5) is 0 Å². The number of aliphatic hydroxyl groups is 1. The first kappa shape index (κ1) is 16.0. The van der Waals surface area contributed by atoms with E-state index in [1.807, 2.05) is 18.2 Å². The highest BCUT2D eigenvalue weighted by Crippen LogP contribution is 2.33. The van der Waals surface area contributed by atoms with Crippen molar-refractivity contribution in [3.8, 4) is 11.5 Å². The number of benzene rings is 1. The molecule has 5 N–H and O–H groups in total. The Bertz CT molecular complexity index is 463. The van der Waals surface area contributed by atoms with Crippen molar-refractivity contribution in [3.63, 3.8) is 0 Å². The van der Waals surface area contributed by atoms with Gasteiger partial charge in [-0.05, 0) is 43.6 Å². The van der Waals surface area contributed by atoms with Crippen LogP contribution >= 0.6 is 0 Å². The van der Waals surface area contributed by atoms with Crippen molar-refractivity contribution in [3.05, 3.63) is 23.8 Å². The second-order valence-electron chi connectivity index (χ2n) is 5.52. The molecular formula is C15H24N2O4. The molecule has 1 aromatic rings. The molecule has 0 radical (unpaired) electrons. The predicted octanol–water partition coefficient (Wildman–Crippen LogP) is 0.0896. The second-order valence-corrected chi connectivity index (χ2v) is 5.52. The summed E-state index contributed by atoms with van der Waals surface area (Å²) in [6, 6.07) is 5.26. The molecule has 0 amide bonds. The minimum atomic E-state index is -0.675. The lowest BCUT2D eigenvalue weighted by Crippen LogP contribution is -2.40. The molecule has 0 saturated carbocycles. The number of hydrogen-bond acceptors (Lipinski definition) is 5. The fraction of sp³-hybridized carbons (Fsp3) is 0.600. The van der Waals surface area contributed by atoms with E-state index in [9.17, 15) is 5.11 Å². The van der Waals surface area contributed by atoms with E-state index >= 15 is 0 Å². The van der Waals surface area contributed by atoms with Crippen LogP contribution in [0.2, 0.25) is 0 Å². The van der Waals surface area contributed by atoms with Crippen molar-refractivity contribution in [2.45, 2.75) is 25.0 Å². The maximum absolute atomic E-state index is 10.4. The lowest BCUT2D eigenvalue weighted by atomic mass is 10.0. The minimum Gasteiger partial charge on any atom is -0.486 e. The number of nitrogens with zero attached hydrogens (tertiary/aromatic N) is 1. The fourth-order valence-corrected chi connectivity index (χ4v) is 2.85. The summed E-state index contributed by atoms with van der Waals surface area (Å²) in [5, 5.41) is 10.4. The van der Waals surface area contributed by atoms with Gasteiger partial charge in [-0.25, -0.2) is 0 Å². The Morgan fingerprint density at radius 3 is 2.52 bits per heavy atom. The number of rotatable bonds is 4. The molecule has 0 aromatic heterocycles. The zero-order valence-electron chi connectivity index (χ0n) is 12.1. The Hall–Kier alpha value is -1.34. The van der Waals surface area contributed by atoms with Crippen molar-refractivity contribution in [1.29, 1.82) is 0 Å². The van der Waals surface area contributed by atoms with Gasteiger partial charge in [0.2, 0.25) is 0 Å². The van der Waals surface area contributed by atoms with Gasteiger partial charge in [-0.15, -0.1) is 0 Å². The van der Waals surface area contributed by atoms with Gasteiger partial charge in [-0.1, -0.05) is 6.07 Å². The average molecular weight is 296 g/mol. The first-order valence-corrected chi connectivity index (χ1v) is 7.29. The number of likely N-dealkylation sites (tertiary alicyclic amines) is 1. The highest BCUT2D eigenvalue weighted by atomic mass is 16.6. The van der Waals surface area contributed by atoms with Crippen LogP contribution in [0.25, 0.3) is 0 Å². The molecule has 2 heterocycles. The van der Waals surface area contributed by atoms with Crippen LogP contribution in [-0.4, -0.2) is 54.4 Å². The standard InChI is InChI=1S/C15H22N2O3.H2O/c16-12(10-17-5-1-2-6-17)15(18)11-3-4-13-14(9-11)20-8-7-19-13;/h3-4,9,12,15,18H,1-2,5-8,10,16H2;1H2/t12-,15-;/m1./s1. The summed E-state index contributed by atoms with van der Waals surface area (Å²) in [5.74, 6) is 1.43. The van der Waals surface area contributed by atoms with E-state index in [1.54, 1.807) is 0 Å². The molecule has 118 valence electrons. The summed E-state index contributed by atoms with van der Waals surface area (Å²) in [7, 11) is 0. The van der Waals surface area contributed by atoms with Gasteiger partial charge in [-0.2, -0.15) is 0 Å². The number of ether oxygens (including phenoxy) is 2. The Morgan fingerprint density at radius 1 is 1.14 bits per heavy atom. The third-order valence-electron chi connectivity index (χ3n) is 3.98. The topological polar surface area (TPSA) is 99.5 Å². The quantitative estimate of drug-likeness (QED) is 0.820. The number of fused-ring (bicyclic) bond motifs is 1. The SMILES string of the molecule is N[C@H](CN1CCCC1)[C@H](O)c1ccc2c(c1)OCCO2.O. The normalized spacial score (nSPS) is 20.7. The minimum absolute atomic E-state index is 0. The molecule has 3 rings (SSSR count). The maximum Gasteiger partial charge on any atom is 0.161 e. The third-order valence-corrected chi connectivity index (χ3v) is 3.98. The van der Waals surface area contributed by atoms with Crippen LogP contribution < -0.4 is 15.2 Å². The molecule has 2 aliphatic rings. The van der Waals surface area contributed by atoms with Crippen molar-refractivity contribution < 1.29 is 20.1 Å². The van der Waals surface area contributed by atoms with Gasteiger partial charge in [0, 0.05) is 12.6 Å². The molecule has 2 aliphatic heterocycles. The summed E-state index contributed by atoms with van der Waals surface area (Å²) >= 11 is 0. The zero-order valence-corrected chi connectivity index (χ0v) is 12.1. The van der Waals surface area contributed by atoms with Gasteiger partial charge in [0.1, 0.15) is 13.2 Å². The van der Waals surface area contributed by atoms with Gasteiger partial charge in [-0.3, -0.25) is 0 Å². The van der Waals surface area contributed by atoms with Crippen molar-refractivity contribution >= 4 is 0 Å². The summed E-state index contributed by atoms with van der Waals surface area (Å²) in [4.78, 5) is 2.31. The van der Waals surface area contributed by atoms with Gasteiger partial charge in [0.15, 0.2) is 11.5 Å². The fourth-order valence-electron chi connectivity index (χ4n) is 2.85. The molecule has 1 fully saturated rings. The van der Waals surface area contributed by atoms with E-state index < -0.39 is 6.10 Å². The third kappa shape index (κ3) is 3.65. The average Bonchev–Trinajstić information content (AvgIpc) is 2.99. The van der Waals surface area contributed by atoms with E-state index in [1.165, 1.54) is 12.8 Å². The monoisotopic (exact) mass is 296 g/mol. The first-order chi connectivity index (χ1) is 9.74. The van der Waals surface area contributed by atoms with Gasteiger partial charge >= 0.3 is 0 Å². The molecule has 0 unspecified atom stereocenters. The molecule has 6 nitrogen and oxygen atoms in total. The number of nitrogens with two attached hydrogens (primary N) is 1. The first-order valence-electron chi connectivity index (χ1n) is 7.29. The Labute approximate surface area is 124 Å². The van der Waals surface area contributed by atoms with Gasteiger partial charge < -0.3 is 30.7 Å². The number of hydrogen-bond donors (Lipinski definition) is 2. The van der Waals surface area contributed by atoms with Crippen LogP contribution in [-0.2, 0) is 0 Å². The molecule has 21 heavy (non-hydrogen) atoms. The smallest absolute Gasteiger partial charge is 0.161 e. The molecule has 6 heteroatoms. The summed E-state index contributed by atoms with van der Waals surface area (Å²) < 4.78 is 11.0. The Morgan fingerprint density at radius 2 is 1.81 bits per heavy atom. The van der Waals surface area contributed by atoms with E-state index in [4.69, 9.17) is 15.2 Å². The van der Waals surface area contributed by atoms with E-state index in [0.29, 0.717) is 19.0 Å². The molecule has 1 saturated heterocycles. The Balaban J connectivity index is 0.00000161. The molecular weight excluding hydrogens is 272 g/mol. The van der Waals surface area contributed by atoms with E-state index in [-0.39, 0.29) is 11.5 Å². The lowest BCUT2D eigenvalue weighted by Gasteiger charge is -2.26. The van der Waals surface area contributed by atoms with Crippen LogP contribution in [0.3, 0.4) is 0 Å². The van der Waals surface area contributed by atoms with Crippen LogP contribution in [0, 0.1) is 0 Å². The van der Waals surface area contributed by atoms with Crippen molar-refractivity contribution in [2.24, 2.45) is 5.73 Å². The molecule has 0 spiro atoms. The molecule has 2 atom stereocenters. The van der Waals surface area contributed by atoms with Crippen molar-refractivity contribution in [2.75, 3.05) is 32.8 Å². The second kappa shape index (κ2) is 7.09. The molecule has 0 aliphatic carbocycles. The zero-order chi connectivity index (χ0) is 13.9. The highest BCUT2D eigenvalue weighted by molar-refractivity contribution is 5.44. The molecule has 1 aromatic carbocycles. The maximum atomic E-state index is 10.4. The number of aliphatic hydroxyl groups excluding tert-OH is 1. The largest absolute Gasteiger partial charge is 0.486 e.